The molecule has 5 nitrogen and oxygen atoms in total. The number of amides is 1. The molecule has 4 aromatic rings. The number of benzene rings is 2. The molecule has 0 atom stereocenters. The van der Waals surface area contributed by atoms with Gasteiger partial charge in [-0.25, -0.2) is 4.98 Å². The van der Waals surface area contributed by atoms with Crippen LogP contribution in [-0.4, -0.2) is 40.4 Å². The summed E-state index contributed by atoms with van der Waals surface area (Å²) in [5.41, 5.74) is 5.73. The fraction of sp³-hybridized carbons (Fsp3) is 0.233. The smallest absolute Gasteiger partial charge is 0.275 e. The lowest BCUT2D eigenvalue weighted by Crippen LogP contribution is -2.33. The van der Waals surface area contributed by atoms with E-state index in [0.717, 1.165) is 59.9 Å². The van der Waals surface area contributed by atoms with Crippen LogP contribution >= 0.6 is 11.3 Å². The highest BCUT2D eigenvalue weighted by molar-refractivity contribution is 7.10. The predicted octanol–water partition coefficient (Wildman–Crippen LogP) is 6.66. The van der Waals surface area contributed by atoms with E-state index >= 15 is 0 Å². The molecule has 36 heavy (non-hydrogen) atoms. The van der Waals surface area contributed by atoms with E-state index in [1.165, 1.54) is 5.56 Å². The predicted molar refractivity (Wildman–Crippen MR) is 148 cm³/mol. The molecule has 0 radical (unpaired) electrons. The van der Waals surface area contributed by atoms with Gasteiger partial charge in [-0.05, 0) is 68.2 Å². The number of aryl methyl sites for hydroxylation is 1. The largest absolute Gasteiger partial charge is 0.320 e. The van der Waals surface area contributed by atoms with Crippen molar-refractivity contribution in [2.45, 2.75) is 25.7 Å². The first-order valence-corrected chi connectivity index (χ1v) is 13.3. The van der Waals surface area contributed by atoms with E-state index in [-0.39, 0.29) is 5.91 Å². The number of anilines is 1. The van der Waals surface area contributed by atoms with E-state index < -0.39 is 0 Å². The highest BCUT2D eigenvalue weighted by Crippen LogP contribution is 2.32. The molecular weight excluding hydrogens is 464 g/mol. The average molecular weight is 495 g/mol. The van der Waals surface area contributed by atoms with Crippen molar-refractivity contribution < 1.29 is 4.79 Å². The molecule has 1 saturated heterocycles. The van der Waals surface area contributed by atoms with Crippen molar-refractivity contribution >= 4 is 29.0 Å². The van der Waals surface area contributed by atoms with Gasteiger partial charge in [-0.1, -0.05) is 54.1 Å². The Balaban J connectivity index is 1.18. The van der Waals surface area contributed by atoms with Crippen LogP contribution in [0.2, 0.25) is 0 Å². The average Bonchev–Trinajstić information content (AvgIpc) is 3.42. The van der Waals surface area contributed by atoms with E-state index in [1.54, 1.807) is 11.3 Å². The first kappa shape index (κ1) is 24.1. The van der Waals surface area contributed by atoms with Crippen LogP contribution in [-0.2, 0) is 0 Å². The summed E-state index contributed by atoms with van der Waals surface area (Å²) in [6.45, 7) is 5.08. The zero-order chi connectivity index (χ0) is 24.7. The lowest BCUT2D eigenvalue weighted by atomic mass is 9.97. The first-order chi connectivity index (χ1) is 17.7. The van der Waals surface area contributed by atoms with Crippen LogP contribution in [0.25, 0.3) is 17.2 Å². The maximum absolute atomic E-state index is 13.1. The van der Waals surface area contributed by atoms with E-state index in [1.807, 2.05) is 60.2 Å². The minimum atomic E-state index is -0.155. The monoisotopic (exact) mass is 494 g/mol. The zero-order valence-corrected chi connectivity index (χ0v) is 21.2. The van der Waals surface area contributed by atoms with Crippen molar-refractivity contribution in [3.05, 3.63) is 106 Å². The minimum absolute atomic E-state index is 0.155. The second-order valence-electron chi connectivity index (χ2n) is 9.20. The molecule has 1 amide bonds. The summed E-state index contributed by atoms with van der Waals surface area (Å²) in [7, 11) is 0. The molecule has 1 N–H and O–H groups in total. The number of rotatable bonds is 7. The third kappa shape index (κ3) is 5.96. The summed E-state index contributed by atoms with van der Waals surface area (Å²) in [6.07, 6.45) is 10.1. The van der Waals surface area contributed by atoms with Gasteiger partial charge in [0.2, 0.25) is 0 Å². The lowest BCUT2D eigenvalue weighted by Gasteiger charge is -2.30. The fourth-order valence-electron chi connectivity index (χ4n) is 4.56. The zero-order valence-electron chi connectivity index (χ0n) is 20.4. The summed E-state index contributed by atoms with van der Waals surface area (Å²) >= 11 is 1.60. The number of hydrogen-bond acceptors (Lipinski definition) is 5. The van der Waals surface area contributed by atoms with Gasteiger partial charge in [-0.3, -0.25) is 14.7 Å². The molecule has 0 aliphatic carbocycles. The van der Waals surface area contributed by atoms with Gasteiger partial charge < -0.3 is 5.32 Å². The van der Waals surface area contributed by atoms with Gasteiger partial charge in [0.25, 0.3) is 5.91 Å². The number of thiazole rings is 1. The summed E-state index contributed by atoms with van der Waals surface area (Å²) in [4.78, 5) is 24.4. The summed E-state index contributed by atoms with van der Waals surface area (Å²) in [5, 5.41) is 6.06. The molecule has 2 aromatic heterocycles. The Labute approximate surface area is 216 Å². The van der Waals surface area contributed by atoms with Crippen LogP contribution in [0.1, 0.15) is 45.4 Å². The summed E-state index contributed by atoms with van der Waals surface area (Å²) in [6, 6.07) is 20.3. The van der Waals surface area contributed by atoms with Gasteiger partial charge in [-0.15, -0.1) is 11.3 Å². The standard InChI is InChI=1S/C30H30N4OS/c1-22-9-10-27(26(20-22)24-7-3-2-4-8-24)32-29(35)28-21-36-30(33-28)25-13-18-34(19-14-25)17-5-6-23-11-15-31-16-12-23/h2-12,15-16,20-21,25H,13-14,17-19H2,1H3,(H,32,35). The number of carbonyl (C=O) groups excluding carboxylic acids is 1. The van der Waals surface area contributed by atoms with Gasteiger partial charge in [-0.2, -0.15) is 0 Å². The van der Waals surface area contributed by atoms with Gasteiger partial charge in [0.1, 0.15) is 5.69 Å². The fourth-order valence-corrected chi connectivity index (χ4v) is 5.54. The number of likely N-dealkylation sites (tertiary alicyclic amines) is 1. The maximum Gasteiger partial charge on any atom is 0.275 e. The van der Waals surface area contributed by atoms with Crippen LogP contribution in [0.15, 0.2) is 84.5 Å². The van der Waals surface area contributed by atoms with E-state index in [4.69, 9.17) is 4.98 Å². The summed E-state index contributed by atoms with van der Waals surface area (Å²) < 4.78 is 0. The molecule has 1 fully saturated rings. The molecule has 0 unspecified atom stereocenters. The van der Waals surface area contributed by atoms with Crippen molar-refractivity contribution in [3.63, 3.8) is 0 Å². The van der Waals surface area contributed by atoms with E-state index in [2.05, 4.69) is 52.5 Å². The molecule has 1 aliphatic heterocycles. The highest BCUT2D eigenvalue weighted by Gasteiger charge is 2.24. The van der Waals surface area contributed by atoms with Crippen molar-refractivity contribution in [2.24, 2.45) is 0 Å². The Morgan fingerprint density at radius 3 is 2.64 bits per heavy atom. The Morgan fingerprint density at radius 2 is 1.86 bits per heavy atom. The number of pyridine rings is 1. The van der Waals surface area contributed by atoms with E-state index in [9.17, 15) is 4.79 Å². The third-order valence-corrected chi connectivity index (χ3v) is 7.59. The van der Waals surface area contributed by atoms with Gasteiger partial charge in [0, 0.05) is 41.5 Å². The van der Waals surface area contributed by atoms with Crippen molar-refractivity contribution in [1.29, 1.82) is 0 Å². The number of carbonyl (C=O) groups is 1. The Hall–Kier alpha value is -3.61. The first-order valence-electron chi connectivity index (χ1n) is 12.4. The number of nitrogens with zero attached hydrogens (tertiary/aromatic N) is 3. The number of aromatic nitrogens is 2. The molecule has 0 saturated carbocycles. The van der Waals surface area contributed by atoms with Crippen LogP contribution in [0, 0.1) is 6.92 Å². The molecule has 182 valence electrons. The Bertz CT molecular complexity index is 1330. The molecule has 5 rings (SSSR count). The number of nitrogens with one attached hydrogen (secondary N) is 1. The van der Waals surface area contributed by atoms with Crippen LogP contribution in [0.3, 0.4) is 0 Å². The number of hydrogen-bond donors (Lipinski definition) is 1. The quantitative estimate of drug-likeness (QED) is 0.312. The van der Waals surface area contributed by atoms with Crippen molar-refractivity contribution in [2.75, 3.05) is 25.0 Å². The molecule has 3 heterocycles. The normalized spacial score (nSPS) is 14.8. The highest BCUT2D eigenvalue weighted by atomic mass is 32.1. The van der Waals surface area contributed by atoms with Gasteiger partial charge in [0.05, 0.1) is 5.01 Å². The van der Waals surface area contributed by atoms with Gasteiger partial charge in [0.15, 0.2) is 0 Å². The minimum Gasteiger partial charge on any atom is -0.320 e. The van der Waals surface area contributed by atoms with Crippen molar-refractivity contribution in [1.82, 2.24) is 14.9 Å². The summed E-state index contributed by atoms with van der Waals surface area (Å²) in [5.74, 6) is 0.258. The van der Waals surface area contributed by atoms with Gasteiger partial charge >= 0.3 is 0 Å². The SMILES string of the molecule is Cc1ccc(NC(=O)c2csc(C3CCN(CC=Cc4ccncc4)CC3)n2)c(-c2ccccc2)c1. The van der Waals surface area contributed by atoms with E-state index in [0.29, 0.717) is 11.6 Å². The topological polar surface area (TPSA) is 58.1 Å². The second-order valence-corrected chi connectivity index (χ2v) is 10.1. The second kappa shape index (κ2) is 11.4. The molecule has 1 aliphatic rings. The molecule has 0 spiro atoms. The lowest BCUT2D eigenvalue weighted by molar-refractivity contribution is 0.102. The maximum atomic E-state index is 13.1. The van der Waals surface area contributed by atoms with Crippen molar-refractivity contribution in [3.8, 4) is 11.1 Å². The molecule has 0 bridgehead atoms. The molecular formula is C30H30N4OS. The third-order valence-electron chi connectivity index (χ3n) is 6.58. The number of piperidine rings is 1. The van der Waals surface area contributed by atoms with Crippen LogP contribution in [0.4, 0.5) is 5.69 Å². The van der Waals surface area contributed by atoms with Crippen LogP contribution < -0.4 is 5.32 Å². The molecule has 2 aromatic carbocycles. The Kier molecular flexibility index (Phi) is 7.64. The molecule has 6 heteroatoms. The Morgan fingerprint density at radius 1 is 1.08 bits per heavy atom. The van der Waals surface area contributed by atoms with Crippen LogP contribution in [0.5, 0.6) is 0 Å².